The third-order valence-corrected chi connectivity index (χ3v) is 2.38. The second kappa shape index (κ2) is 2.26. The van der Waals surface area contributed by atoms with E-state index >= 15 is 0 Å². The third kappa shape index (κ3) is 0.914. The van der Waals surface area contributed by atoms with Crippen molar-refractivity contribution in [3.05, 3.63) is 12.2 Å². The maximum absolute atomic E-state index is 11.0. The quantitative estimate of drug-likeness (QED) is 0.386. The van der Waals surface area contributed by atoms with Crippen LogP contribution in [0.15, 0.2) is 12.2 Å². The monoisotopic (exact) mass is 153 g/mol. The molecule has 2 rings (SSSR count). The molecule has 1 amide bonds. The first-order valence-corrected chi connectivity index (χ1v) is 3.86. The predicted molar refractivity (Wildman–Crippen MR) is 40.2 cm³/mol. The molecule has 2 aliphatic rings. The van der Waals surface area contributed by atoms with E-state index in [4.69, 9.17) is 0 Å². The number of methoxy groups -OCH3 is 1. The van der Waals surface area contributed by atoms with Crippen LogP contribution in [0, 0.1) is 0 Å². The van der Waals surface area contributed by atoms with Crippen LogP contribution in [-0.4, -0.2) is 30.2 Å². The number of ether oxygens (including phenoxy) is 1. The number of hydrogen-bond donors (Lipinski definition) is 0. The molecule has 2 unspecified atom stereocenters. The van der Waals surface area contributed by atoms with Crippen LogP contribution in [0.5, 0.6) is 0 Å². The molecule has 1 heterocycles. The van der Waals surface area contributed by atoms with E-state index in [9.17, 15) is 4.79 Å². The molecule has 3 heteroatoms. The lowest BCUT2D eigenvalue weighted by atomic mass is 10.1. The Hall–Kier alpha value is -0.990. The zero-order valence-electron chi connectivity index (χ0n) is 6.49. The van der Waals surface area contributed by atoms with Gasteiger partial charge < -0.3 is 4.74 Å². The molecule has 0 spiro atoms. The molecule has 2 atom stereocenters. The van der Waals surface area contributed by atoms with Gasteiger partial charge in [0.15, 0.2) is 0 Å². The summed E-state index contributed by atoms with van der Waals surface area (Å²) in [5.74, 6) is 0. The smallest absolute Gasteiger partial charge is 0.410 e. The number of rotatable bonds is 0. The average Bonchev–Trinajstić information content (AvgIpc) is 2.77. The van der Waals surface area contributed by atoms with Gasteiger partial charge in [-0.15, -0.1) is 0 Å². The first-order valence-electron chi connectivity index (χ1n) is 3.86. The first kappa shape index (κ1) is 6.70. The van der Waals surface area contributed by atoms with Gasteiger partial charge in [-0.25, -0.2) is 4.79 Å². The van der Waals surface area contributed by atoms with Gasteiger partial charge in [0, 0.05) is 0 Å². The number of hydrogen-bond acceptors (Lipinski definition) is 2. The minimum absolute atomic E-state index is 0.177. The van der Waals surface area contributed by atoms with Gasteiger partial charge in [-0.2, -0.15) is 0 Å². The normalized spacial score (nSPS) is 33.0. The lowest BCUT2D eigenvalue weighted by molar-refractivity contribution is 0.150. The van der Waals surface area contributed by atoms with Crippen molar-refractivity contribution in [2.45, 2.75) is 24.9 Å². The highest BCUT2D eigenvalue weighted by molar-refractivity contribution is 5.72. The summed E-state index contributed by atoms with van der Waals surface area (Å²) in [7, 11) is 1.43. The Morgan fingerprint density at radius 2 is 2.00 bits per heavy atom. The van der Waals surface area contributed by atoms with E-state index in [0.717, 1.165) is 12.8 Å². The van der Waals surface area contributed by atoms with E-state index in [1.165, 1.54) is 7.11 Å². The first-order chi connectivity index (χ1) is 5.34. The number of amides is 1. The molecule has 1 saturated heterocycles. The highest BCUT2D eigenvalue weighted by Crippen LogP contribution is 2.37. The second-order valence-corrected chi connectivity index (χ2v) is 2.95. The fourth-order valence-corrected chi connectivity index (χ4v) is 1.72. The summed E-state index contributed by atoms with van der Waals surface area (Å²) in [5.41, 5.74) is 0. The largest absolute Gasteiger partial charge is 0.453 e. The van der Waals surface area contributed by atoms with E-state index in [1.807, 2.05) is 0 Å². The Labute approximate surface area is 65.6 Å². The highest BCUT2D eigenvalue weighted by atomic mass is 16.5. The van der Waals surface area contributed by atoms with E-state index in [1.54, 1.807) is 4.90 Å². The maximum Gasteiger partial charge on any atom is 0.410 e. The molecule has 0 aromatic carbocycles. The van der Waals surface area contributed by atoms with Gasteiger partial charge in [0.25, 0.3) is 0 Å². The SMILES string of the molecule is COC(=O)N1C2CC=CCC21. The van der Waals surface area contributed by atoms with Crippen molar-refractivity contribution in [1.29, 1.82) is 0 Å². The summed E-state index contributed by atoms with van der Waals surface area (Å²) in [6.07, 6.45) is 6.08. The zero-order valence-corrected chi connectivity index (χ0v) is 6.49. The second-order valence-electron chi connectivity index (χ2n) is 2.95. The lowest BCUT2D eigenvalue weighted by Gasteiger charge is -1.99. The van der Waals surface area contributed by atoms with E-state index in [0.29, 0.717) is 12.1 Å². The van der Waals surface area contributed by atoms with Crippen molar-refractivity contribution in [2.24, 2.45) is 0 Å². The van der Waals surface area contributed by atoms with Crippen LogP contribution in [0.4, 0.5) is 4.79 Å². The molecule has 11 heavy (non-hydrogen) atoms. The minimum atomic E-state index is -0.177. The topological polar surface area (TPSA) is 29.3 Å². The van der Waals surface area contributed by atoms with Gasteiger partial charge in [0.05, 0.1) is 19.2 Å². The van der Waals surface area contributed by atoms with Gasteiger partial charge in [0.1, 0.15) is 0 Å². The molecule has 1 aliphatic heterocycles. The van der Waals surface area contributed by atoms with Crippen molar-refractivity contribution >= 4 is 6.09 Å². The fourth-order valence-electron chi connectivity index (χ4n) is 1.72. The van der Waals surface area contributed by atoms with Crippen LogP contribution in [-0.2, 0) is 4.74 Å². The van der Waals surface area contributed by atoms with Gasteiger partial charge in [-0.3, -0.25) is 4.90 Å². The Bertz CT molecular complexity index is 198. The minimum Gasteiger partial charge on any atom is -0.453 e. The summed E-state index contributed by atoms with van der Waals surface area (Å²) in [6, 6.07) is 0.875. The van der Waals surface area contributed by atoms with Crippen LogP contribution in [0.25, 0.3) is 0 Å². The summed E-state index contributed by atoms with van der Waals surface area (Å²) in [6.45, 7) is 0. The maximum atomic E-state index is 11.0. The van der Waals surface area contributed by atoms with Crippen LogP contribution >= 0.6 is 0 Å². The predicted octanol–water partition coefficient (Wildman–Crippen LogP) is 1.16. The van der Waals surface area contributed by atoms with E-state index in [2.05, 4.69) is 16.9 Å². The number of carbonyl (C=O) groups is 1. The van der Waals surface area contributed by atoms with E-state index < -0.39 is 0 Å². The molecule has 3 nitrogen and oxygen atoms in total. The number of carbonyl (C=O) groups excluding carboxylic acids is 1. The molecule has 0 aromatic rings. The van der Waals surface area contributed by atoms with Crippen molar-refractivity contribution in [1.82, 2.24) is 4.90 Å². The molecular formula is C8H11NO2. The Balaban J connectivity index is 1.98. The molecule has 60 valence electrons. The molecule has 0 saturated carbocycles. The summed E-state index contributed by atoms with van der Waals surface area (Å²) in [4.78, 5) is 12.8. The van der Waals surface area contributed by atoms with Crippen LogP contribution in [0.3, 0.4) is 0 Å². The van der Waals surface area contributed by atoms with Crippen molar-refractivity contribution in [3.8, 4) is 0 Å². The van der Waals surface area contributed by atoms with Crippen LogP contribution < -0.4 is 0 Å². The van der Waals surface area contributed by atoms with Crippen LogP contribution in [0.1, 0.15) is 12.8 Å². The Morgan fingerprint density at radius 3 is 2.45 bits per heavy atom. The van der Waals surface area contributed by atoms with Gasteiger partial charge >= 0.3 is 6.09 Å². The van der Waals surface area contributed by atoms with Gasteiger partial charge in [-0.05, 0) is 12.8 Å². The molecule has 1 fully saturated rings. The van der Waals surface area contributed by atoms with Gasteiger partial charge in [0.2, 0.25) is 0 Å². The standard InChI is InChI=1S/C8H11NO2/c1-11-8(10)9-6-4-2-3-5-7(6)9/h2-3,6-7H,4-5H2,1H3. The number of fused-ring (bicyclic) bond motifs is 1. The van der Waals surface area contributed by atoms with Gasteiger partial charge in [-0.1, -0.05) is 12.2 Å². The van der Waals surface area contributed by atoms with E-state index in [-0.39, 0.29) is 6.09 Å². The highest BCUT2D eigenvalue weighted by Gasteiger charge is 2.50. The summed E-state index contributed by atoms with van der Waals surface area (Å²) >= 11 is 0. The molecular weight excluding hydrogens is 142 g/mol. The van der Waals surface area contributed by atoms with Crippen molar-refractivity contribution in [3.63, 3.8) is 0 Å². The van der Waals surface area contributed by atoms with Crippen LogP contribution in [0.2, 0.25) is 0 Å². The van der Waals surface area contributed by atoms with Crippen molar-refractivity contribution in [2.75, 3.05) is 7.11 Å². The van der Waals surface area contributed by atoms with Crippen molar-refractivity contribution < 1.29 is 9.53 Å². The zero-order chi connectivity index (χ0) is 7.84. The lowest BCUT2D eigenvalue weighted by Crippen LogP contribution is -2.13. The molecule has 0 N–H and O–H groups in total. The molecule has 0 bridgehead atoms. The molecule has 0 radical (unpaired) electrons. The summed E-state index contributed by atoms with van der Waals surface area (Å²) in [5, 5.41) is 0. The summed E-state index contributed by atoms with van der Waals surface area (Å²) < 4.78 is 4.63. The fraction of sp³-hybridized carbons (Fsp3) is 0.625. The molecule has 1 aliphatic carbocycles. The Kier molecular flexibility index (Phi) is 1.37. The Morgan fingerprint density at radius 1 is 1.45 bits per heavy atom. The average molecular weight is 153 g/mol. The molecule has 0 aromatic heterocycles. The third-order valence-electron chi connectivity index (χ3n) is 2.38. The number of nitrogens with zero attached hydrogens (tertiary/aromatic N) is 1.